The van der Waals surface area contributed by atoms with Crippen LogP contribution in [0.15, 0.2) is 24.3 Å². The number of primary amides is 1. The van der Waals surface area contributed by atoms with Gasteiger partial charge in [0.25, 0.3) is 0 Å². The molecular formula is C13H18N2O3. The Morgan fingerprint density at radius 3 is 2.61 bits per heavy atom. The molecule has 1 aromatic rings. The average Bonchev–Trinajstić information content (AvgIpc) is 3.17. The van der Waals surface area contributed by atoms with E-state index in [1.807, 2.05) is 24.3 Å². The van der Waals surface area contributed by atoms with Gasteiger partial charge in [-0.15, -0.1) is 0 Å². The predicted octanol–water partition coefficient (Wildman–Crippen LogP) is 1.96. The van der Waals surface area contributed by atoms with Crippen LogP contribution in [0.5, 0.6) is 5.75 Å². The third-order valence-corrected chi connectivity index (χ3v) is 3.61. The number of nitrogens with zero attached hydrogens (tertiary/aromatic N) is 1. The smallest absolute Gasteiger partial charge is 0.338 e. The molecule has 3 N–H and O–H groups in total. The van der Waals surface area contributed by atoms with E-state index in [0.29, 0.717) is 11.0 Å². The molecule has 0 bridgehead atoms. The number of amides is 2. The topological polar surface area (TPSA) is 75.8 Å². The van der Waals surface area contributed by atoms with Crippen molar-refractivity contribution < 1.29 is 14.7 Å². The molecule has 5 heteroatoms. The number of rotatable bonds is 4. The van der Waals surface area contributed by atoms with Crippen LogP contribution < -0.4 is 10.5 Å². The normalized spacial score (nSPS) is 23.3. The third kappa shape index (κ3) is 2.41. The van der Waals surface area contributed by atoms with E-state index in [1.165, 1.54) is 5.56 Å². The molecule has 1 saturated carbocycles. The third-order valence-electron chi connectivity index (χ3n) is 3.61. The first-order valence-corrected chi connectivity index (χ1v) is 5.96. The quantitative estimate of drug-likeness (QED) is 0.633. The summed E-state index contributed by atoms with van der Waals surface area (Å²) >= 11 is 0. The van der Waals surface area contributed by atoms with Gasteiger partial charge < -0.3 is 10.5 Å². The van der Waals surface area contributed by atoms with E-state index in [9.17, 15) is 10.0 Å². The molecule has 1 aliphatic carbocycles. The van der Waals surface area contributed by atoms with Crippen molar-refractivity contribution in [2.45, 2.75) is 25.3 Å². The number of urea groups is 1. The van der Waals surface area contributed by atoms with Gasteiger partial charge in [0.1, 0.15) is 5.75 Å². The van der Waals surface area contributed by atoms with Gasteiger partial charge in [-0.1, -0.05) is 12.1 Å². The molecule has 0 spiro atoms. The lowest BCUT2D eigenvalue weighted by molar-refractivity contribution is -0.0760. The molecule has 0 aromatic heterocycles. The molecule has 1 aliphatic rings. The van der Waals surface area contributed by atoms with Gasteiger partial charge in [0, 0.05) is 0 Å². The van der Waals surface area contributed by atoms with Gasteiger partial charge in [-0.05, 0) is 42.9 Å². The highest BCUT2D eigenvalue weighted by atomic mass is 16.5. The van der Waals surface area contributed by atoms with E-state index < -0.39 is 6.03 Å². The molecule has 18 heavy (non-hydrogen) atoms. The summed E-state index contributed by atoms with van der Waals surface area (Å²) in [6.07, 6.45) is 0.956. The predicted molar refractivity (Wildman–Crippen MR) is 66.5 cm³/mol. The molecule has 1 unspecified atom stereocenters. The van der Waals surface area contributed by atoms with Crippen LogP contribution in [0.25, 0.3) is 0 Å². The van der Waals surface area contributed by atoms with Crippen molar-refractivity contribution in [2.24, 2.45) is 11.7 Å². The summed E-state index contributed by atoms with van der Waals surface area (Å²) in [7, 11) is 1.63. The Labute approximate surface area is 106 Å². The number of hydrogen-bond acceptors (Lipinski definition) is 3. The Morgan fingerprint density at radius 1 is 1.50 bits per heavy atom. The number of nitrogens with two attached hydrogens (primary N) is 1. The average molecular weight is 250 g/mol. The zero-order chi connectivity index (χ0) is 13.3. The van der Waals surface area contributed by atoms with E-state index >= 15 is 0 Å². The summed E-state index contributed by atoms with van der Waals surface area (Å²) in [5.74, 6) is 1.46. The Bertz CT molecular complexity index is 432. The second kappa shape index (κ2) is 4.86. The van der Waals surface area contributed by atoms with Gasteiger partial charge in [-0.25, -0.2) is 9.86 Å². The molecule has 0 aliphatic heterocycles. The standard InChI is InChI=1S/C13H18N2O3/c1-8(15(17)13(14)16)11-7-12(11)9-3-5-10(18-2)6-4-9/h3-6,8,11-12,17H,7H2,1-2H3,(H2,14,16)/t8?,11-,12-/m0/s1. The number of ether oxygens (including phenoxy) is 1. The maximum Gasteiger partial charge on any atom is 0.338 e. The van der Waals surface area contributed by atoms with Gasteiger partial charge in [0.05, 0.1) is 13.2 Å². The maximum atomic E-state index is 10.9. The number of carbonyl (C=O) groups excluding carboxylic acids is 1. The van der Waals surface area contributed by atoms with Gasteiger partial charge in [-0.3, -0.25) is 5.21 Å². The first-order chi connectivity index (χ1) is 8.54. The van der Waals surface area contributed by atoms with E-state index in [4.69, 9.17) is 10.5 Å². The van der Waals surface area contributed by atoms with Crippen LogP contribution in [0.1, 0.15) is 24.8 Å². The number of carbonyl (C=O) groups is 1. The largest absolute Gasteiger partial charge is 0.497 e. The van der Waals surface area contributed by atoms with E-state index in [1.54, 1.807) is 14.0 Å². The molecule has 0 saturated heterocycles. The second-order valence-electron chi connectivity index (χ2n) is 4.70. The van der Waals surface area contributed by atoms with Gasteiger partial charge in [0.2, 0.25) is 0 Å². The Kier molecular flexibility index (Phi) is 3.43. The van der Waals surface area contributed by atoms with Crippen molar-refractivity contribution in [3.05, 3.63) is 29.8 Å². The van der Waals surface area contributed by atoms with Crippen molar-refractivity contribution in [1.29, 1.82) is 0 Å². The Balaban J connectivity index is 1.99. The molecule has 98 valence electrons. The summed E-state index contributed by atoms with van der Waals surface area (Å²) in [6, 6.07) is 6.81. The molecule has 0 heterocycles. The van der Waals surface area contributed by atoms with Crippen molar-refractivity contribution in [1.82, 2.24) is 5.06 Å². The minimum Gasteiger partial charge on any atom is -0.497 e. The monoisotopic (exact) mass is 250 g/mol. The lowest BCUT2D eigenvalue weighted by Gasteiger charge is -2.20. The molecule has 2 rings (SSSR count). The van der Waals surface area contributed by atoms with Crippen LogP contribution in [0, 0.1) is 5.92 Å². The highest BCUT2D eigenvalue weighted by Gasteiger charge is 2.44. The zero-order valence-corrected chi connectivity index (χ0v) is 10.5. The number of benzene rings is 1. The fraction of sp³-hybridized carbons (Fsp3) is 0.462. The van der Waals surface area contributed by atoms with Gasteiger partial charge in [0.15, 0.2) is 0 Å². The lowest BCUT2D eigenvalue weighted by atomic mass is 10.1. The zero-order valence-electron chi connectivity index (χ0n) is 10.5. The van der Waals surface area contributed by atoms with E-state index in [-0.39, 0.29) is 12.0 Å². The summed E-state index contributed by atoms with van der Waals surface area (Å²) in [4.78, 5) is 10.9. The molecule has 1 fully saturated rings. The van der Waals surface area contributed by atoms with Crippen LogP contribution >= 0.6 is 0 Å². The highest BCUT2D eigenvalue weighted by molar-refractivity contribution is 5.71. The molecule has 0 radical (unpaired) electrons. The minimum absolute atomic E-state index is 0.255. The molecule has 2 amide bonds. The number of methoxy groups -OCH3 is 1. The first-order valence-electron chi connectivity index (χ1n) is 5.96. The van der Waals surface area contributed by atoms with Crippen molar-refractivity contribution in [3.63, 3.8) is 0 Å². The molecular weight excluding hydrogens is 232 g/mol. The molecule has 5 nitrogen and oxygen atoms in total. The Hall–Kier alpha value is -1.75. The van der Waals surface area contributed by atoms with Crippen LogP contribution in [0.3, 0.4) is 0 Å². The van der Waals surface area contributed by atoms with E-state index in [0.717, 1.165) is 12.2 Å². The van der Waals surface area contributed by atoms with Crippen molar-refractivity contribution in [3.8, 4) is 5.75 Å². The fourth-order valence-electron chi connectivity index (χ4n) is 2.36. The number of hydrogen-bond donors (Lipinski definition) is 2. The van der Waals surface area contributed by atoms with Gasteiger partial charge in [-0.2, -0.15) is 0 Å². The SMILES string of the molecule is COc1ccc([C@@H]2C[C@H]2C(C)N(O)C(N)=O)cc1. The first kappa shape index (κ1) is 12.7. The lowest BCUT2D eigenvalue weighted by Crippen LogP contribution is -2.40. The molecule has 1 aromatic carbocycles. The molecule has 3 atom stereocenters. The van der Waals surface area contributed by atoms with Crippen LogP contribution in [-0.4, -0.2) is 29.5 Å². The van der Waals surface area contributed by atoms with E-state index in [2.05, 4.69) is 0 Å². The minimum atomic E-state index is -0.803. The second-order valence-corrected chi connectivity index (χ2v) is 4.70. The van der Waals surface area contributed by atoms with Crippen LogP contribution in [-0.2, 0) is 0 Å². The summed E-state index contributed by atoms with van der Waals surface area (Å²) in [5, 5.41) is 10.1. The van der Waals surface area contributed by atoms with Crippen LogP contribution in [0.2, 0.25) is 0 Å². The number of hydroxylamine groups is 2. The van der Waals surface area contributed by atoms with Crippen molar-refractivity contribution >= 4 is 6.03 Å². The summed E-state index contributed by atoms with van der Waals surface area (Å²) < 4.78 is 5.10. The fourth-order valence-corrected chi connectivity index (χ4v) is 2.36. The van der Waals surface area contributed by atoms with Crippen LogP contribution in [0.4, 0.5) is 4.79 Å². The summed E-state index contributed by atoms with van der Waals surface area (Å²) in [5.41, 5.74) is 6.24. The Morgan fingerprint density at radius 2 is 2.11 bits per heavy atom. The van der Waals surface area contributed by atoms with Gasteiger partial charge >= 0.3 is 6.03 Å². The highest BCUT2D eigenvalue weighted by Crippen LogP contribution is 2.50. The van der Waals surface area contributed by atoms with Crippen molar-refractivity contribution in [2.75, 3.05) is 7.11 Å². The summed E-state index contributed by atoms with van der Waals surface area (Å²) in [6.45, 7) is 1.80. The maximum absolute atomic E-state index is 10.9.